The Labute approximate surface area is 129 Å². The van der Waals surface area contributed by atoms with Gasteiger partial charge in [-0.2, -0.15) is 0 Å². The van der Waals surface area contributed by atoms with E-state index in [-0.39, 0.29) is 0 Å². The van der Waals surface area contributed by atoms with Crippen LogP contribution < -0.4 is 0 Å². The van der Waals surface area contributed by atoms with Crippen LogP contribution in [-0.4, -0.2) is 6.61 Å². The summed E-state index contributed by atoms with van der Waals surface area (Å²) in [6.07, 6.45) is 12.7. The lowest BCUT2D eigenvalue weighted by Crippen LogP contribution is -2.11. The number of benzene rings is 1. The molecule has 1 nitrogen and oxygen atoms in total. The van der Waals surface area contributed by atoms with Gasteiger partial charge in [0.2, 0.25) is 0 Å². The lowest BCUT2D eigenvalue weighted by atomic mass is 9.78. The van der Waals surface area contributed by atoms with E-state index in [1.807, 2.05) is 6.08 Å². The Kier molecular flexibility index (Phi) is 6.75. The molecule has 0 radical (unpaired) electrons. The molecule has 1 aromatic rings. The van der Waals surface area contributed by atoms with Crippen molar-refractivity contribution in [2.24, 2.45) is 5.92 Å². The predicted octanol–water partition coefficient (Wildman–Crippen LogP) is 5.63. The second-order valence-electron chi connectivity index (χ2n) is 6.01. The molecule has 21 heavy (non-hydrogen) atoms. The third-order valence-corrected chi connectivity index (χ3v) is 4.42. The molecule has 1 saturated carbocycles. The van der Waals surface area contributed by atoms with E-state index in [1.165, 1.54) is 36.8 Å². The summed E-state index contributed by atoms with van der Waals surface area (Å²) in [5.74, 6) is 1.56. The molecule has 0 amide bonds. The van der Waals surface area contributed by atoms with Gasteiger partial charge in [0.25, 0.3) is 0 Å². The van der Waals surface area contributed by atoms with Crippen molar-refractivity contribution in [3.8, 4) is 0 Å². The van der Waals surface area contributed by atoms with E-state index < -0.39 is 0 Å². The van der Waals surface area contributed by atoms with Crippen LogP contribution in [0.2, 0.25) is 0 Å². The van der Waals surface area contributed by atoms with Crippen molar-refractivity contribution in [2.75, 3.05) is 6.61 Å². The fraction of sp³-hybridized carbons (Fsp3) is 0.500. The molecular formula is C20H28O. The molecule has 0 N–H and O–H groups in total. The van der Waals surface area contributed by atoms with Crippen LogP contribution in [0, 0.1) is 5.92 Å². The first-order chi connectivity index (χ1) is 10.3. The minimum atomic E-state index is 0.710. The Bertz CT molecular complexity index is 435. The first kappa shape index (κ1) is 16.0. The topological polar surface area (TPSA) is 9.23 Å². The zero-order valence-corrected chi connectivity index (χ0v) is 13.3. The fourth-order valence-corrected chi connectivity index (χ4v) is 3.16. The first-order valence-electron chi connectivity index (χ1n) is 8.23. The van der Waals surface area contributed by atoms with Gasteiger partial charge in [0, 0.05) is 0 Å². The SMILES string of the molecule is C=CCCOCc1ccc(C2CCC(/C=C/C)CC2)cc1. The van der Waals surface area contributed by atoms with Crippen LogP contribution in [0.4, 0.5) is 0 Å². The number of rotatable bonds is 7. The molecule has 0 aromatic heterocycles. The Balaban J connectivity index is 1.81. The van der Waals surface area contributed by atoms with E-state index in [0.29, 0.717) is 6.61 Å². The molecule has 0 aliphatic heterocycles. The van der Waals surface area contributed by atoms with Crippen molar-refractivity contribution in [3.63, 3.8) is 0 Å². The van der Waals surface area contributed by atoms with Crippen LogP contribution >= 0.6 is 0 Å². The number of hydrogen-bond donors (Lipinski definition) is 0. The molecule has 2 rings (SSSR count). The molecule has 1 aliphatic rings. The van der Waals surface area contributed by atoms with E-state index >= 15 is 0 Å². The molecule has 1 aromatic carbocycles. The zero-order valence-electron chi connectivity index (χ0n) is 13.3. The monoisotopic (exact) mass is 284 g/mol. The maximum atomic E-state index is 5.61. The Morgan fingerprint density at radius 2 is 1.86 bits per heavy atom. The molecule has 0 bridgehead atoms. The van der Waals surface area contributed by atoms with Crippen LogP contribution in [0.3, 0.4) is 0 Å². The summed E-state index contributed by atoms with van der Waals surface area (Å²) in [6.45, 7) is 7.30. The van der Waals surface area contributed by atoms with Crippen LogP contribution in [0.5, 0.6) is 0 Å². The van der Waals surface area contributed by atoms with Gasteiger partial charge >= 0.3 is 0 Å². The summed E-state index contributed by atoms with van der Waals surface area (Å²) in [5, 5.41) is 0. The lowest BCUT2D eigenvalue weighted by Gasteiger charge is -2.27. The maximum absolute atomic E-state index is 5.61. The summed E-state index contributed by atoms with van der Waals surface area (Å²) in [5.41, 5.74) is 2.77. The second kappa shape index (κ2) is 8.84. The smallest absolute Gasteiger partial charge is 0.0717 e. The van der Waals surface area contributed by atoms with E-state index in [1.54, 1.807) is 0 Å². The lowest BCUT2D eigenvalue weighted by molar-refractivity contribution is 0.125. The molecule has 1 fully saturated rings. The molecule has 0 atom stereocenters. The summed E-state index contributed by atoms with van der Waals surface area (Å²) in [7, 11) is 0. The average Bonchev–Trinajstić information content (AvgIpc) is 2.53. The van der Waals surface area contributed by atoms with Crippen LogP contribution in [0.1, 0.15) is 56.1 Å². The van der Waals surface area contributed by atoms with Crippen molar-refractivity contribution < 1.29 is 4.74 Å². The highest BCUT2D eigenvalue weighted by Crippen LogP contribution is 2.36. The normalized spacial score (nSPS) is 22.5. The van der Waals surface area contributed by atoms with Gasteiger partial charge in [-0.15, -0.1) is 6.58 Å². The van der Waals surface area contributed by atoms with Crippen LogP contribution in [0.15, 0.2) is 49.1 Å². The molecular weight excluding hydrogens is 256 g/mol. The summed E-state index contributed by atoms with van der Waals surface area (Å²) < 4.78 is 5.61. The second-order valence-corrected chi connectivity index (χ2v) is 6.01. The highest BCUT2D eigenvalue weighted by molar-refractivity contribution is 5.25. The van der Waals surface area contributed by atoms with Gasteiger partial charge in [-0.25, -0.2) is 0 Å². The molecule has 0 spiro atoms. The molecule has 114 valence electrons. The largest absolute Gasteiger partial charge is 0.376 e. The van der Waals surface area contributed by atoms with Crippen LogP contribution in [0.25, 0.3) is 0 Å². The minimum Gasteiger partial charge on any atom is -0.376 e. The van der Waals surface area contributed by atoms with E-state index in [4.69, 9.17) is 4.74 Å². The molecule has 1 heteroatoms. The number of ether oxygens (including phenoxy) is 1. The summed E-state index contributed by atoms with van der Waals surface area (Å²) in [4.78, 5) is 0. The summed E-state index contributed by atoms with van der Waals surface area (Å²) in [6, 6.07) is 9.04. The standard InChI is InChI=1S/C20H28O/c1-3-5-15-21-16-18-9-13-20(14-10-18)19-11-7-17(6-4-2)8-12-19/h3-4,6,9-10,13-14,17,19H,1,5,7-8,11-12,15-16H2,2H3/b6-4+. The quantitative estimate of drug-likeness (QED) is 0.466. The maximum Gasteiger partial charge on any atom is 0.0717 e. The Hall–Kier alpha value is -1.34. The van der Waals surface area contributed by atoms with E-state index in [2.05, 4.69) is 49.9 Å². The van der Waals surface area contributed by atoms with Gasteiger partial charge in [0.15, 0.2) is 0 Å². The molecule has 0 unspecified atom stereocenters. The Morgan fingerprint density at radius 3 is 2.48 bits per heavy atom. The van der Waals surface area contributed by atoms with Crippen molar-refractivity contribution in [2.45, 2.75) is 51.6 Å². The van der Waals surface area contributed by atoms with Crippen molar-refractivity contribution in [1.29, 1.82) is 0 Å². The highest BCUT2D eigenvalue weighted by atomic mass is 16.5. The molecule has 0 heterocycles. The Morgan fingerprint density at radius 1 is 1.14 bits per heavy atom. The van der Waals surface area contributed by atoms with Gasteiger partial charge in [-0.05, 0) is 62.0 Å². The van der Waals surface area contributed by atoms with Crippen molar-refractivity contribution in [1.82, 2.24) is 0 Å². The van der Waals surface area contributed by atoms with Crippen molar-refractivity contribution in [3.05, 3.63) is 60.2 Å². The van der Waals surface area contributed by atoms with E-state index in [9.17, 15) is 0 Å². The van der Waals surface area contributed by atoms with Gasteiger partial charge in [0.05, 0.1) is 13.2 Å². The fourth-order valence-electron chi connectivity index (χ4n) is 3.16. The van der Waals surface area contributed by atoms with E-state index in [0.717, 1.165) is 24.9 Å². The average molecular weight is 284 g/mol. The molecule has 0 saturated heterocycles. The first-order valence-corrected chi connectivity index (χ1v) is 8.23. The zero-order chi connectivity index (χ0) is 14.9. The van der Waals surface area contributed by atoms with Gasteiger partial charge in [-0.3, -0.25) is 0 Å². The molecule has 1 aliphatic carbocycles. The van der Waals surface area contributed by atoms with Gasteiger partial charge in [-0.1, -0.05) is 42.5 Å². The highest BCUT2D eigenvalue weighted by Gasteiger charge is 2.20. The third-order valence-electron chi connectivity index (χ3n) is 4.42. The predicted molar refractivity (Wildman–Crippen MR) is 90.4 cm³/mol. The van der Waals surface area contributed by atoms with Crippen molar-refractivity contribution >= 4 is 0 Å². The van der Waals surface area contributed by atoms with Gasteiger partial charge < -0.3 is 4.74 Å². The summed E-state index contributed by atoms with van der Waals surface area (Å²) >= 11 is 0. The minimum absolute atomic E-state index is 0.710. The number of hydrogen-bond acceptors (Lipinski definition) is 1. The third kappa shape index (κ3) is 5.17. The number of allylic oxidation sites excluding steroid dienone is 2. The van der Waals surface area contributed by atoms with Crippen LogP contribution in [-0.2, 0) is 11.3 Å². The van der Waals surface area contributed by atoms with Gasteiger partial charge in [0.1, 0.15) is 0 Å².